The van der Waals surface area contributed by atoms with E-state index in [4.69, 9.17) is 10.00 Å². The number of nitriles is 1. The minimum atomic E-state index is -2.91. The summed E-state index contributed by atoms with van der Waals surface area (Å²) in [4.78, 5) is 23.8. The number of hydrogen-bond acceptors (Lipinski definition) is 6. The average Bonchev–Trinajstić information content (AvgIpc) is 3.07. The summed E-state index contributed by atoms with van der Waals surface area (Å²) < 4.78 is 33.4. The predicted octanol–water partition coefficient (Wildman–Crippen LogP) is 3.80. The van der Waals surface area contributed by atoms with Crippen LogP contribution >= 0.6 is 11.3 Å². The van der Waals surface area contributed by atoms with Gasteiger partial charge in [0.25, 0.3) is 5.91 Å². The molecule has 6 nitrogen and oxygen atoms in total. The quantitative estimate of drug-likeness (QED) is 0.572. The molecule has 2 rings (SSSR count). The first kappa shape index (κ1) is 20.1. The zero-order valence-corrected chi connectivity index (χ0v) is 14.8. The van der Waals surface area contributed by atoms with E-state index in [0.717, 1.165) is 6.08 Å². The maximum absolute atomic E-state index is 12.1. The third-order valence-electron chi connectivity index (χ3n) is 3.20. The minimum absolute atomic E-state index is 0.000310. The van der Waals surface area contributed by atoms with Crippen LogP contribution in [0.4, 0.5) is 13.8 Å². The molecule has 27 heavy (non-hydrogen) atoms. The van der Waals surface area contributed by atoms with Crippen molar-refractivity contribution < 1.29 is 27.8 Å². The molecule has 0 saturated carbocycles. The fraction of sp³-hybridized carbons (Fsp3) is 0.167. The van der Waals surface area contributed by atoms with Crippen LogP contribution in [0.1, 0.15) is 18.1 Å². The molecule has 0 aliphatic heterocycles. The number of halogens is 2. The van der Waals surface area contributed by atoms with Gasteiger partial charge >= 0.3 is 12.6 Å². The third kappa shape index (κ3) is 6.20. The molecule has 1 aromatic carbocycles. The van der Waals surface area contributed by atoms with Crippen molar-refractivity contribution in [1.29, 1.82) is 5.26 Å². The van der Waals surface area contributed by atoms with E-state index in [0.29, 0.717) is 16.1 Å². The van der Waals surface area contributed by atoms with Gasteiger partial charge in [-0.15, -0.1) is 11.3 Å². The smallest absolute Gasteiger partial charge is 0.387 e. The number of esters is 1. The Hall–Kier alpha value is -3.25. The second kappa shape index (κ2) is 9.45. The van der Waals surface area contributed by atoms with E-state index in [9.17, 15) is 18.4 Å². The maximum atomic E-state index is 12.1. The highest BCUT2D eigenvalue weighted by molar-refractivity contribution is 7.14. The van der Waals surface area contributed by atoms with Gasteiger partial charge in [-0.3, -0.25) is 4.79 Å². The Balaban J connectivity index is 1.87. The second-order valence-electron chi connectivity index (χ2n) is 5.12. The van der Waals surface area contributed by atoms with Crippen LogP contribution in [0, 0.1) is 11.3 Å². The van der Waals surface area contributed by atoms with E-state index in [2.05, 4.69) is 10.1 Å². The summed E-state index contributed by atoms with van der Waals surface area (Å²) in [6, 6.07) is 9.14. The summed E-state index contributed by atoms with van der Waals surface area (Å²) in [5, 5.41) is 13.5. The van der Waals surface area contributed by atoms with E-state index in [1.165, 1.54) is 48.6 Å². The molecule has 0 radical (unpaired) electrons. The summed E-state index contributed by atoms with van der Waals surface area (Å²) in [5.41, 5.74) is 0.883. The largest absolute Gasteiger partial charge is 0.449 e. The lowest BCUT2D eigenvalue weighted by Crippen LogP contribution is -2.29. The lowest BCUT2D eigenvalue weighted by molar-refractivity contribution is -0.148. The van der Waals surface area contributed by atoms with Gasteiger partial charge in [0, 0.05) is 6.08 Å². The molecule has 0 aliphatic rings. The molecule has 1 atom stereocenters. The number of anilines is 1. The molecule has 0 aliphatic carbocycles. The van der Waals surface area contributed by atoms with Crippen LogP contribution in [0.25, 0.3) is 6.08 Å². The summed E-state index contributed by atoms with van der Waals surface area (Å²) in [6.07, 6.45) is 1.45. The van der Waals surface area contributed by atoms with Gasteiger partial charge in [-0.1, -0.05) is 12.1 Å². The molecule has 9 heteroatoms. The van der Waals surface area contributed by atoms with Crippen LogP contribution in [0.2, 0.25) is 0 Å². The first-order valence-electron chi connectivity index (χ1n) is 7.61. The zero-order valence-electron chi connectivity index (χ0n) is 14.0. The summed E-state index contributed by atoms with van der Waals surface area (Å²) in [6.45, 7) is -1.51. The van der Waals surface area contributed by atoms with Crippen molar-refractivity contribution in [3.8, 4) is 11.8 Å². The number of alkyl halides is 2. The van der Waals surface area contributed by atoms with Gasteiger partial charge in [-0.2, -0.15) is 14.0 Å². The SMILES string of the molecule is C[C@@H](OC(=O)/C=C/c1ccc(OC(F)F)cc1)C(=O)Nc1sccc1C#N. The highest BCUT2D eigenvalue weighted by Crippen LogP contribution is 2.22. The number of ether oxygens (including phenoxy) is 2. The Labute approximate surface area is 157 Å². The predicted molar refractivity (Wildman–Crippen MR) is 95.3 cm³/mol. The van der Waals surface area contributed by atoms with Crippen molar-refractivity contribution in [1.82, 2.24) is 0 Å². The van der Waals surface area contributed by atoms with Crippen molar-refractivity contribution in [3.63, 3.8) is 0 Å². The Kier molecular flexibility index (Phi) is 7.02. The first-order valence-corrected chi connectivity index (χ1v) is 8.49. The van der Waals surface area contributed by atoms with Crippen LogP contribution in [0.15, 0.2) is 41.8 Å². The highest BCUT2D eigenvalue weighted by Gasteiger charge is 2.18. The summed E-state index contributed by atoms with van der Waals surface area (Å²) in [5.74, 6) is -1.32. The number of nitrogens with one attached hydrogen (secondary N) is 1. The molecule has 0 saturated heterocycles. The average molecular weight is 392 g/mol. The molecule has 0 fully saturated rings. The molecule has 1 aromatic heterocycles. The van der Waals surface area contributed by atoms with Gasteiger partial charge in [-0.25, -0.2) is 4.79 Å². The normalized spacial score (nSPS) is 11.8. The molecule has 0 spiro atoms. The molecule has 0 unspecified atom stereocenters. The minimum Gasteiger partial charge on any atom is -0.449 e. The molecular weight excluding hydrogens is 378 g/mol. The number of benzene rings is 1. The topological polar surface area (TPSA) is 88.4 Å². The van der Waals surface area contributed by atoms with Crippen molar-refractivity contribution in [3.05, 3.63) is 52.9 Å². The van der Waals surface area contributed by atoms with E-state index in [-0.39, 0.29) is 5.75 Å². The van der Waals surface area contributed by atoms with Crippen LogP contribution in [-0.4, -0.2) is 24.6 Å². The van der Waals surface area contributed by atoms with E-state index in [1.54, 1.807) is 11.4 Å². The molecular formula is C18H14F2N2O4S. The lowest BCUT2D eigenvalue weighted by Gasteiger charge is -2.11. The molecule has 140 valence electrons. The van der Waals surface area contributed by atoms with Gasteiger partial charge in [0.2, 0.25) is 0 Å². The molecule has 1 N–H and O–H groups in total. The van der Waals surface area contributed by atoms with E-state index >= 15 is 0 Å². The van der Waals surface area contributed by atoms with E-state index < -0.39 is 24.6 Å². The van der Waals surface area contributed by atoms with Gasteiger partial charge in [0.15, 0.2) is 6.10 Å². The molecule has 0 bridgehead atoms. The Bertz CT molecular complexity index is 872. The van der Waals surface area contributed by atoms with Crippen LogP contribution in [-0.2, 0) is 14.3 Å². The highest BCUT2D eigenvalue weighted by atomic mass is 32.1. The van der Waals surface area contributed by atoms with Crippen molar-refractivity contribution in [2.24, 2.45) is 0 Å². The molecule has 2 aromatic rings. The number of carbonyl (C=O) groups is 2. The van der Waals surface area contributed by atoms with Crippen molar-refractivity contribution >= 4 is 34.3 Å². The van der Waals surface area contributed by atoms with Gasteiger partial charge < -0.3 is 14.8 Å². The Morgan fingerprint density at radius 3 is 2.59 bits per heavy atom. The number of amides is 1. The van der Waals surface area contributed by atoms with Crippen LogP contribution in [0.3, 0.4) is 0 Å². The van der Waals surface area contributed by atoms with Gasteiger partial charge in [0.05, 0.1) is 5.56 Å². The number of nitrogens with zero attached hydrogens (tertiary/aromatic N) is 1. The monoisotopic (exact) mass is 392 g/mol. The fourth-order valence-electron chi connectivity index (χ4n) is 1.90. The lowest BCUT2D eigenvalue weighted by atomic mass is 10.2. The number of hydrogen-bond donors (Lipinski definition) is 1. The zero-order chi connectivity index (χ0) is 19.8. The fourth-order valence-corrected chi connectivity index (χ4v) is 2.64. The summed E-state index contributed by atoms with van der Waals surface area (Å²) >= 11 is 1.18. The standard InChI is InChI=1S/C18H14F2N2O4S/c1-11(16(24)22-17-13(10-21)8-9-27-17)25-15(23)7-4-12-2-5-14(6-3-12)26-18(19)20/h2-9,11,18H,1H3,(H,22,24)/b7-4+/t11-/m1/s1. The second-order valence-corrected chi connectivity index (χ2v) is 6.04. The maximum Gasteiger partial charge on any atom is 0.387 e. The van der Waals surface area contributed by atoms with Crippen LogP contribution < -0.4 is 10.1 Å². The molecule has 1 heterocycles. The van der Waals surface area contributed by atoms with Crippen LogP contribution in [0.5, 0.6) is 5.75 Å². The number of carbonyl (C=O) groups excluding carboxylic acids is 2. The summed E-state index contributed by atoms with van der Waals surface area (Å²) in [7, 11) is 0. The molecule has 1 amide bonds. The number of thiophene rings is 1. The van der Waals surface area contributed by atoms with E-state index in [1.807, 2.05) is 6.07 Å². The number of rotatable bonds is 7. The van der Waals surface area contributed by atoms with Crippen molar-refractivity contribution in [2.45, 2.75) is 19.6 Å². The Morgan fingerprint density at radius 2 is 1.96 bits per heavy atom. The first-order chi connectivity index (χ1) is 12.9. The van der Waals surface area contributed by atoms with Gasteiger partial charge in [-0.05, 0) is 42.1 Å². The van der Waals surface area contributed by atoms with Gasteiger partial charge in [0.1, 0.15) is 16.8 Å². The van der Waals surface area contributed by atoms with Crippen molar-refractivity contribution in [2.75, 3.05) is 5.32 Å². The third-order valence-corrected chi connectivity index (χ3v) is 4.03. The Morgan fingerprint density at radius 1 is 1.26 bits per heavy atom.